The predicted molar refractivity (Wildman–Crippen MR) is 45.9 cm³/mol. The molecule has 68 valence electrons. The highest BCUT2D eigenvalue weighted by atomic mass is 35.5. The molecule has 0 atom stereocenters. The van der Waals surface area contributed by atoms with E-state index in [1.54, 1.807) is 6.92 Å². The maximum Gasteiger partial charge on any atom is 0.152 e. The summed E-state index contributed by atoms with van der Waals surface area (Å²) in [5, 5.41) is 0. The summed E-state index contributed by atoms with van der Waals surface area (Å²) in [5.74, 6) is 0.684. The van der Waals surface area contributed by atoms with E-state index in [1.165, 1.54) is 0 Å². The van der Waals surface area contributed by atoms with Crippen LogP contribution in [0.1, 0.15) is 6.92 Å². The van der Waals surface area contributed by atoms with E-state index < -0.39 is 9.84 Å². The molecule has 0 aliphatic carbocycles. The molecule has 0 N–H and O–H groups in total. The van der Waals surface area contributed by atoms with Crippen molar-refractivity contribution in [3.63, 3.8) is 0 Å². The van der Waals surface area contributed by atoms with Gasteiger partial charge in [-0.3, -0.25) is 0 Å². The summed E-state index contributed by atoms with van der Waals surface area (Å²) in [7, 11) is -2.87. The Labute approximate surface area is 72.6 Å². The zero-order valence-electron chi connectivity index (χ0n) is 6.55. The van der Waals surface area contributed by atoms with Gasteiger partial charge in [0.1, 0.15) is 0 Å². The third kappa shape index (κ3) is 6.59. The monoisotopic (exact) mass is 200 g/mol. The van der Waals surface area contributed by atoms with Crippen molar-refractivity contribution in [2.45, 2.75) is 6.92 Å². The summed E-state index contributed by atoms with van der Waals surface area (Å²) >= 11 is 5.31. The van der Waals surface area contributed by atoms with Crippen LogP contribution in [0.25, 0.3) is 0 Å². The molecule has 0 aromatic carbocycles. The van der Waals surface area contributed by atoms with Crippen LogP contribution < -0.4 is 0 Å². The molecule has 0 bridgehead atoms. The Kier molecular flexibility index (Phi) is 5.91. The van der Waals surface area contributed by atoms with Gasteiger partial charge in [0.25, 0.3) is 0 Å². The first-order valence-corrected chi connectivity index (χ1v) is 5.82. The minimum absolute atomic E-state index is 0.0976. The van der Waals surface area contributed by atoms with E-state index >= 15 is 0 Å². The molecule has 0 aliphatic heterocycles. The third-order valence-corrected chi connectivity index (χ3v) is 3.02. The zero-order chi connectivity index (χ0) is 8.74. The largest absolute Gasteiger partial charge is 0.379 e. The Morgan fingerprint density at radius 1 is 1.36 bits per heavy atom. The summed E-state index contributed by atoms with van der Waals surface area (Å²) < 4.78 is 26.6. The molecule has 0 heterocycles. The van der Waals surface area contributed by atoms with Gasteiger partial charge in [-0.05, 0) is 0 Å². The number of ether oxygens (including phenoxy) is 1. The van der Waals surface area contributed by atoms with E-state index in [1.807, 2.05) is 0 Å². The topological polar surface area (TPSA) is 43.4 Å². The van der Waals surface area contributed by atoms with Crippen LogP contribution in [-0.4, -0.2) is 39.0 Å². The average Bonchev–Trinajstić information content (AvgIpc) is 1.99. The molecule has 0 fully saturated rings. The summed E-state index contributed by atoms with van der Waals surface area (Å²) in [6, 6.07) is 0. The molecule has 3 nitrogen and oxygen atoms in total. The molecule has 11 heavy (non-hydrogen) atoms. The van der Waals surface area contributed by atoms with Gasteiger partial charge in [0.05, 0.1) is 19.0 Å². The van der Waals surface area contributed by atoms with Crippen molar-refractivity contribution in [1.82, 2.24) is 0 Å². The summed E-state index contributed by atoms with van der Waals surface area (Å²) in [5.41, 5.74) is 0. The molecule has 0 spiro atoms. The molecule has 0 amide bonds. The van der Waals surface area contributed by atoms with Crippen molar-refractivity contribution >= 4 is 21.4 Å². The smallest absolute Gasteiger partial charge is 0.152 e. The maximum atomic E-state index is 10.8. The molecule has 0 saturated heterocycles. The fraction of sp³-hybridized carbons (Fsp3) is 1.00. The lowest BCUT2D eigenvalue weighted by atomic mass is 10.8. The molecule has 0 rings (SSSR count). The molecule has 0 aliphatic rings. The van der Waals surface area contributed by atoms with Crippen LogP contribution in [0.4, 0.5) is 0 Å². The lowest BCUT2D eigenvalue weighted by molar-refractivity contribution is 0.165. The van der Waals surface area contributed by atoms with Crippen molar-refractivity contribution in [2.24, 2.45) is 0 Å². The van der Waals surface area contributed by atoms with Gasteiger partial charge >= 0.3 is 0 Å². The third-order valence-electron chi connectivity index (χ3n) is 1.20. The highest BCUT2D eigenvalue weighted by molar-refractivity contribution is 7.91. The van der Waals surface area contributed by atoms with Gasteiger partial charge in [-0.25, -0.2) is 8.42 Å². The van der Waals surface area contributed by atoms with Crippen molar-refractivity contribution in [3.05, 3.63) is 0 Å². The molecule has 0 aromatic rings. The van der Waals surface area contributed by atoms with Gasteiger partial charge < -0.3 is 4.74 Å². The zero-order valence-corrected chi connectivity index (χ0v) is 8.12. The fourth-order valence-corrected chi connectivity index (χ4v) is 1.26. The Balaban J connectivity index is 3.39. The number of sulfone groups is 1. The standard InChI is InChI=1S/C6H13ClO3S/c1-2-11(8,9)6-5-10-4-3-7/h2-6H2,1H3. The quantitative estimate of drug-likeness (QED) is 0.468. The van der Waals surface area contributed by atoms with Crippen molar-refractivity contribution in [2.75, 3.05) is 30.6 Å². The molecule has 5 heteroatoms. The van der Waals surface area contributed by atoms with Crippen molar-refractivity contribution in [1.29, 1.82) is 0 Å². The van der Waals surface area contributed by atoms with Crippen molar-refractivity contribution in [3.8, 4) is 0 Å². The molecular weight excluding hydrogens is 188 g/mol. The van der Waals surface area contributed by atoms with E-state index in [9.17, 15) is 8.42 Å². The summed E-state index contributed by atoms with van der Waals surface area (Å²) in [6.07, 6.45) is 0. The number of alkyl halides is 1. The van der Waals surface area contributed by atoms with E-state index in [2.05, 4.69) is 0 Å². The minimum atomic E-state index is -2.87. The predicted octanol–water partition coefficient (Wildman–Crippen LogP) is 0.677. The van der Waals surface area contributed by atoms with Crippen LogP contribution in [0.15, 0.2) is 0 Å². The second-order valence-corrected chi connectivity index (χ2v) is 4.89. The van der Waals surface area contributed by atoms with Gasteiger partial charge in [-0.2, -0.15) is 0 Å². The second-order valence-electron chi connectivity index (χ2n) is 2.04. The highest BCUT2D eigenvalue weighted by Crippen LogP contribution is 1.89. The van der Waals surface area contributed by atoms with E-state index in [0.717, 1.165) is 0 Å². The van der Waals surface area contributed by atoms with Crippen molar-refractivity contribution < 1.29 is 13.2 Å². The van der Waals surface area contributed by atoms with Gasteiger partial charge in [0.2, 0.25) is 0 Å². The summed E-state index contributed by atoms with van der Waals surface area (Å²) in [4.78, 5) is 0. The SMILES string of the molecule is CCS(=O)(=O)CCOCCCl. The van der Waals surface area contributed by atoms with E-state index in [-0.39, 0.29) is 18.1 Å². The number of hydrogen-bond donors (Lipinski definition) is 0. The second kappa shape index (κ2) is 5.80. The lowest BCUT2D eigenvalue weighted by Crippen LogP contribution is -2.14. The molecule has 0 saturated carbocycles. The fourth-order valence-electron chi connectivity index (χ4n) is 0.487. The van der Waals surface area contributed by atoms with Gasteiger partial charge in [-0.1, -0.05) is 6.92 Å². The molecule has 0 aromatic heterocycles. The maximum absolute atomic E-state index is 10.8. The lowest BCUT2D eigenvalue weighted by Gasteiger charge is -2.01. The first-order valence-electron chi connectivity index (χ1n) is 3.46. The van der Waals surface area contributed by atoms with Gasteiger partial charge in [0, 0.05) is 11.6 Å². The Morgan fingerprint density at radius 2 is 2.00 bits per heavy atom. The van der Waals surface area contributed by atoms with E-state index in [0.29, 0.717) is 12.5 Å². The van der Waals surface area contributed by atoms with Crippen LogP contribution in [0, 0.1) is 0 Å². The van der Waals surface area contributed by atoms with Gasteiger partial charge in [-0.15, -0.1) is 11.6 Å². The number of halogens is 1. The molecular formula is C6H13ClO3S. The average molecular weight is 201 g/mol. The first-order chi connectivity index (χ1) is 5.12. The van der Waals surface area contributed by atoms with Gasteiger partial charge in [0.15, 0.2) is 9.84 Å². The Morgan fingerprint density at radius 3 is 2.45 bits per heavy atom. The molecule has 0 unspecified atom stereocenters. The normalized spacial score (nSPS) is 11.8. The number of rotatable bonds is 6. The van der Waals surface area contributed by atoms with Crippen LogP contribution in [0.2, 0.25) is 0 Å². The highest BCUT2D eigenvalue weighted by Gasteiger charge is 2.05. The van der Waals surface area contributed by atoms with E-state index in [4.69, 9.17) is 16.3 Å². The van der Waals surface area contributed by atoms with Crippen LogP contribution >= 0.6 is 11.6 Å². The van der Waals surface area contributed by atoms with Crippen LogP contribution in [-0.2, 0) is 14.6 Å². The first kappa shape index (κ1) is 11.2. The Hall–Kier alpha value is 0.200. The van der Waals surface area contributed by atoms with Crippen LogP contribution in [0.5, 0.6) is 0 Å². The minimum Gasteiger partial charge on any atom is -0.379 e. The van der Waals surface area contributed by atoms with Crippen LogP contribution in [0.3, 0.4) is 0 Å². The Bertz CT molecular complexity index is 176. The molecule has 0 radical (unpaired) electrons. The summed E-state index contributed by atoms with van der Waals surface area (Å²) in [6.45, 7) is 2.29. The number of hydrogen-bond acceptors (Lipinski definition) is 3.